The molecule has 2 aromatic carbocycles. The molecule has 1 amide bonds. The molecular weight excluding hydrogens is 466 g/mol. The van der Waals surface area contributed by atoms with Gasteiger partial charge in [-0.3, -0.25) is 4.79 Å². The van der Waals surface area contributed by atoms with Gasteiger partial charge in [0.25, 0.3) is 5.91 Å². The highest BCUT2D eigenvalue weighted by Crippen LogP contribution is 2.40. The Kier molecular flexibility index (Phi) is 6.03. The van der Waals surface area contributed by atoms with Gasteiger partial charge in [0.15, 0.2) is 11.6 Å². The lowest BCUT2D eigenvalue weighted by Gasteiger charge is -2.15. The zero-order valence-electron chi connectivity index (χ0n) is 18.9. The van der Waals surface area contributed by atoms with Crippen LogP contribution in [0.3, 0.4) is 0 Å². The summed E-state index contributed by atoms with van der Waals surface area (Å²) in [6.07, 6.45) is 7.33. The third kappa shape index (κ3) is 4.02. The number of aromatic nitrogens is 5. The normalized spacial score (nSPS) is 16.2. The largest absolute Gasteiger partial charge is 0.488 e. The fraction of sp³-hybridized carbons (Fsp3) is 0.308. The van der Waals surface area contributed by atoms with E-state index in [1.54, 1.807) is 36.0 Å². The number of anilines is 1. The van der Waals surface area contributed by atoms with Crippen molar-refractivity contribution in [1.82, 2.24) is 24.3 Å². The van der Waals surface area contributed by atoms with E-state index in [2.05, 4.69) is 20.5 Å². The average Bonchev–Trinajstić information content (AvgIpc) is 3.43. The molecule has 1 saturated carbocycles. The maximum Gasteiger partial charge on any atom is 0.258 e. The SMILES string of the molecule is C.Cc1cc(F)c(C(=O)Nc2cccc3c2OCC(CF)n2cnnc2-3)cc1-n1cnc(C2CC2)c1. The summed E-state index contributed by atoms with van der Waals surface area (Å²) in [5.74, 6) is -0.00694. The van der Waals surface area contributed by atoms with Crippen molar-refractivity contribution in [2.75, 3.05) is 18.6 Å². The number of carbonyl (C=O) groups is 1. The van der Waals surface area contributed by atoms with Gasteiger partial charge in [0.1, 0.15) is 25.4 Å². The van der Waals surface area contributed by atoms with E-state index in [1.807, 2.05) is 10.8 Å². The van der Waals surface area contributed by atoms with E-state index >= 15 is 0 Å². The minimum absolute atomic E-state index is 0. The van der Waals surface area contributed by atoms with Gasteiger partial charge in [0, 0.05) is 12.1 Å². The summed E-state index contributed by atoms with van der Waals surface area (Å²) in [4.78, 5) is 17.7. The summed E-state index contributed by atoms with van der Waals surface area (Å²) in [5.41, 5.74) is 3.16. The standard InChI is InChI=1S/C25H22F2N6O2.CH4/c1-14-7-19(27)18(8-22(14)32-10-21(28-12-32)15-5-6-15)25(34)30-20-4-2-3-17-23(20)35-11-16(9-26)33-13-29-31-24(17)33;/h2-4,7-8,10,12-13,15-16H,5-6,9,11H2,1H3,(H,30,34);1H4. The molecule has 1 aliphatic carbocycles. The molecule has 4 aromatic rings. The van der Waals surface area contributed by atoms with Crippen LogP contribution in [0.25, 0.3) is 17.1 Å². The quantitative estimate of drug-likeness (QED) is 0.411. The topological polar surface area (TPSA) is 86.9 Å². The van der Waals surface area contributed by atoms with Gasteiger partial charge in [-0.05, 0) is 49.6 Å². The maximum absolute atomic E-state index is 14.9. The van der Waals surface area contributed by atoms with E-state index in [9.17, 15) is 13.6 Å². The predicted octanol–water partition coefficient (Wildman–Crippen LogP) is 5.25. The van der Waals surface area contributed by atoms with Crippen LogP contribution in [0.4, 0.5) is 14.5 Å². The number of halogens is 2. The van der Waals surface area contributed by atoms with Crippen LogP contribution in [0.2, 0.25) is 0 Å². The monoisotopic (exact) mass is 492 g/mol. The van der Waals surface area contributed by atoms with E-state index in [0.29, 0.717) is 40.0 Å². The van der Waals surface area contributed by atoms with Gasteiger partial charge in [-0.15, -0.1) is 10.2 Å². The first-order valence-corrected chi connectivity index (χ1v) is 11.4. The highest BCUT2D eigenvalue weighted by molar-refractivity contribution is 6.06. The Hall–Kier alpha value is -4.08. The first-order chi connectivity index (χ1) is 17.0. The lowest BCUT2D eigenvalue weighted by Crippen LogP contribution is -2.18. The van der Waals surface area contributed by atoms with Crippen molar-refractivity contribution < 1.29 is 18.3 Å². The molecule has 10 heteroatoms. The fourth-order valence-electron chi connectivity index (χ4n) is 4.41. The molecule has 3 heterocycles. The number of ether oxygens (including phenoxy) is 1. The predicted molar refractivity (Wildman–Crippen MR) is 131 cm³/mol. The van der Waals surface area contributed by atoms with Gasteiger partial charge < -0.3 is 19.2 Å². The highest BCUT2D eigenvalue weighted by atomic mass is 19.1. The molecule has 0 bridgehead atoms. The third-order valence-electron chi connectivity index (χ3n) is 6.48. The zero-order valence-corrected chi connectivity index (χ0v) is 18.9. The number of imidazole rings is 1. The fourth-order valence-corrected chi connectivity index (χ4v) is 4.41. The van der Waals surface area contributed by atoms with Gasteiger partial charge in [0.05, 0.1) is 40.6 Å². The molecule has 1 unspecified atom stereocenters. The molecule has 6 rings (SSSR count). The molecule has 2 aromatic heterocycles. The third-order valence-corrected chi connectivity index (χ3v) is 6.48. The Morgan fingerprint density at radius 2 is 2.08 bits per heavy atom. The molecule has 1 fully saturated rings. The summed E-state index contributed by atoms with van der Waals surface area (Å²) in [6, 6.07) is 7.40. The summed E-state index contributed by atoms with van der Waals surface area (Å²) in [5, 5.41) is 10.8. The first-order valence-electron chi connectivity index (χ1n) is 11.4. The number of carbonyl (C=O) groups excluding carboxylic acids is 1. The molecule has 1 N–H and O–H groups in total. The Morgan fingerprint density at radius 3 is 2.86 bits per heavy atom. The molecule has 1 atom stereocenters. The molecule has 1 aliphatic heterocycles. The number of fused-ring (bicyclic) bond motifs is 3. The van der Waals surface area contributed by atoms with Gasteiger partial charge >= 0.3 is 0 Å². The van der Waals surface area contributed by atoms with Gasteiger partial charge in [-0.2, -0.15) is 0 Å². The molecule has 0 saturated heterocycles. The van der Waals surface area contributed by atoms with Crippen LogP contribution in [0, 0.1) is 12.7 Å². The number of nitrogens with one attached hydrogen (secondary N) is 1. The molecule has 0 radical (unpaired) electrons. The number of para-hydroxylation sites is 1. The van der Waals surface area contributed by atoms with Crippen molar-refractivity contribution in [1.29, 1.82) is 0 Å². The molecule has 8 nitrogen and oxygen atoms in total. The van der Waals surface area contributed by atoms with Crippen molar-refractivity contribution in [3.8, 4) is 22.8 Å². The number of aryl methyl sites for hydroxylation is 1. The van der Waals surface area contributed by atoms with Crippen LogP contribution >= 0.6 is 0 Å². The van der Waals surface area contributed by atoms with Crippen molar-refractivity contribution in [2.24, 2.45) is 0 Å². The summed E-state index contributed by atoms with van der Waals surface area (Å²) in [7, 11) is 0. The molecular formula is C26H26F2N6O2. The number of hydrogen-bond donors (Lipinski definition) is 1. The van der Waals surface area contributed by atoms with Crippen molar-refractivity contribution in [3.63, 3.8) is 0 Å². The van der Waals surface area contributed by atoms with E-state index < -0.39 is 24.4 Å². The molecule has 186 valence electrons. The Balaban J connectivity index is 0.00000267. The minimum Gasteiger partial charge on any atom is -0.488 e. The first kappa shape index (κ1) is 23.7. The Morgan fingerprint density at radius 1 is 1.25 bits per heavy atom. The molecule has 2 aliphatic rings. The summed E-state index contributed by atoms with van der Waals surface area (Å²) >= 11 is 0. The summed E-state index contributed by atoms with van der Waals surface area (Å²) < 4.78 is 37.8. The number of amides is 1. The number of hydrogen-bond acceptors (Lipinski definition) is 5. The van der Waals surface area contributed by atoms with Gasteiger partial charge in [-0.1, -0.05) is 13.5 Å². The van der Waals surface area contributed by atoms with Crippen LogP contribution < -0.4 is 10.1 Å². The minimum atomic E-state index is -0.658. The smallest absolute Gasteiger partial charge is 0.258 e. The van der Waals surface area contributed by atoms with E-state index in [-0.39, 0.29) is 19.6 Å². The van der Waals surface area contributed by atoms with Crippen LogP contribution in [0.5, 0.6) is 5.75 Å². The van der Waals surface area contributed by atoms with E-state index in [4.69, 9.17) is 4.74 Å². The second-order valence-corrected chi connectivity index (χ2v) is 8.92. The summed E-state index contributed by atoms with van der Waals surface area (Å²) in [6.45, 7) is 1.17. The van der Waals surface area contributed by atoms with Gasteiger partial charge in [-0.25, -0.2) is 13.8 Å². The number of nitrogens with zero attached hydrogens (tertiary/aromatic N) is 5. The van der Waals surface area contributed by atoms with Crippen LogP contribution in [-0.4, -0.2) is 43.5 Å². The Bertz CT molecular complexity index is 1440. The van der Waals surface area contributed by atoms with Gasteiger partial charge in [0.2, 0.25) is 0 Å². The zero-order chi connectivity index (χ0) is 24.1. The second-order valence-electron chi connectivity index (χ2n) is 8.92. The van der Waals surface area contributed by atoms with E-state index in [1.165, 1.54) is 18.5 Å². The van der Waals surface area contributed by atoms with Crippen molar-refractivity contribution >= 4 is 11.6 Å². The van der Waals surface area contributed by atoms with Crippen LogP contribution in [0.15, 0.2) is 49.2 Å². The Labute approximate surface area is 207 Å². The van der Waals surface area contributed by atoms with Crippen LogP contribution in [0.1, 0.15) is 53.8 Å². The number of benzene rings is 2. The van der Waals surface area contributed by atoms with Crippen molar-refractivity contribution in [2.45, 2.75) is 39.2 Å². The maximum atomic E-state index is 14.9. The molecule has 36 heavy (non-hydrogen) atoms. The van der Waals surface area contributed by atoms with Crippen LogP contribution in [-0.2, 0) is 0 Å². The number of rotatable bonds is 5. The highest BCUT2D eigenvalue weighted by Gasteiger charge is 2.28. The molecule has 0 spiro atoms. The van der Waals surface area contributed by atoms with E-state index in [0.717, 1.165) is 18.5 Å². The number of alkyl halides is 1. The second kappa shape index (κ2) is 9.18. The lowest BCUT2D eigenvalue weighted by molar-refractivity contribution is 0.102. The average molecular weight is 493 g/mol. The lowest BCUT2D eigenvalue weighted by atomic mass is 10.1. The van der Waals surface area contributed by atoms with Crippen molar-refractivity contribution in [3.05, 3.63) is 71.8 Å².